The molecule has 0 spiro atoms. The molecule has 1 heterocycles. The van der Waals surface area contributed by atoms with Gasteiger partial charge in [-0.3, -0.25) is 4.79 Å². The van der Waals surface area contributed by atoms with Gasteiger partial charge in [-0.2, -0.15) is 0 Å². The molecule has 0 radical (unpaired) electrons. The van der Waals surface area contributed by atoms with Gasteiger partial charge in [-0.05, 0) is 86.5 Å². The Morgan fingerprint density at radius 1 is 1.13 bits per heavy atom. The second-order valence-electron chi connectivity index (χ2n) is 11.4. The molecule has 0 aromatic rings. The minimum atomic E-state index is -0.0687. The maximum atomic E-state index is 12.8. The van der Waals surface area contributed by atoms with Crippen molar-refractivity contribution in [3.8, 4) is 0 Å². The van der Waals surface area contributed by atoms with Crippen molar-refractivity contribution in [3.63, 3.8) is 0 Å². The van der Waals surface area contributed by atoms with Crippen molar-refractivity contribution in [2.45, 2.75) is 77.7 Å². The Labute approximate surface area is 193 Å². The number of ketones is 1. The molecule has 1 unspecified atom stereocenters. The molecule has 1 aliphatic heterocycles. The van der Waals surface area contributed by atoms with Crippen LogP contribution >= 0.6 is 12.4 Å². The number of halogens is 1. The first-order valence-electron chi connectivity index (χ1n) is 12.4. The number of hydrogen-bond acceptors (Lipinski definition) is 5. The van der Waals surface area contributed by atoms with Crippen molar-refractivity contribution in [2.75, 3.05) is 26.8 Å². The van der Waals surface area contributed by atoms with Crippen molar-refractivity contribution >= 4 is 23.9 Å². The average molecular weight is 453 g/mol. The SMILES string of the molecule is COC[C@@H]1CC2CC(=NO[C@@H]3CCNC3)CC[C@]2(C)[C@H]2CC[C@]3(C)C(=O)CC[C@H]3[C@H]12.Cl. The predicted octanol–water partition coefficient (Wildman–Crippen LogP) is 4.63. The summed E-state index contributed by atoms with van der Waals surface area (Å²) >= 11 is 0. The van der Waals surface area contributed by atoms with Gasteiger partial charge in [0.15, 0.2) is 0 Å². The van der Waals surface area contributed by atoms with Gasteiger partial charge in [-0.15, -0.1) is 12.4 Å². The molecule has 0 aromatic carbocycles. The Bertz CT molecular complexity index is 709. The number of carbonyl (C=O) groups excluding carboxylic acids is 1. The number of methoxy groups -OCH3 is 1. The van der Waals surface area contributed by atoms with E-state index in [4.69, 9.17) is 9.57 Å². The lowest BCUT2D eigenvalue weighted by Gasteiger charge is -2.62. The summed E-state index contributed by atoms with van der Waals surface area (Å²) in [5.74, 6) is 3.71. The molecule has 5 rings (SSSR count). The van der Waals surface area contributed by atoms with E-state index in [1.165, 1.54) is 25.0 Å². The third-order valence-corrected chi connectivity index (χ3v) is 10.1. The van der Waals surface area contributed by atoms with Crippen LogP contribution < -0.4 is 5.32 Å². The molecule has 1 N–H and O–H groups in total. The molecule has 4 aliphatic carbocycles. The van der Waals surface area contributed by atoms with E-state index in [9.17, 15) is 4.79 Å². The summed E-state index contributed by atoms with van der Waals surface area (Å²) in [5.41, 5.74) is 1.58. The third kappa shape index (κ3) is 3.87. The summed E-state index contributed by atoms with van der Waals surface area (Å²) in [5, 5.41) is 7.99. The number of hydrogen-bond donors (Lipinski definition) is 1. The molecular formula is C25H41ClN2O3. The molecule has 4 saturated carbocycles. The van der Waals surface area contributed by atoms with Crippen LogP contribution in [0.15, 0.2) is 5.16 Å². The molecule has 0 bridgehead atoms. The first-order chi connectivity index (χ1) is 14.5. The zero-order valence-corrected chi connectivity index (χ0v) is 20.3. The van der Waals surface area contributed by atoms with Crippen LogP contribution in [0.3, 0.4) is 0 Å². The highest BCUT2D eigenvalue weighted by molar-refractivity contribution is 5.87. The van der Waals surface area contributed by atoms with Crippen molar-refractivity contribution < 1.29 is 14.4 Å². The van der Waals surface area contributed by atoms with Gasteiger partial charge in [0.1, 0.15) is 11.9 Å². The number of rotatable bonds is 4. The van der Waals surface area contributed by atoms with Crippen LogP contribution in [0.1, 0.15) is 71.6 Å². The van der Waals surface area contributed by atoms with Crippen LogP contribution in [0, 0.1) is 40.4 Å². The quantitative estimate of drug-likeness (QED) is 0.632. The fourth-order valence-electron chi connectivity index (χ4n) is 8.34. The van der Waals surface area contributed by atoms with Crippen LogP contribution in [0.4, 0.5) is 0 Å². The normalized spacial score (nSPS) is 48.0. The van der Waals surface area contributed by atoms with Gasteiger partial charge >= 0.3 is 0 Å². The second kappa shape index (κ2) is 8.95. The van der Waals surface area contributed by atoms with E-state index in [2.05, 4.69) is 24.3 Å². The van der Waals surface area contributed by atoms with Gasteiger partial charge in [-0.25, -0.2) is 0 Å². The number of oxime groups is 1. The van der Waals surface area contributed by atoms with Gasteiger partial charge in [0.25, 0.3) is 0 Å². The molecule has 1 saturated heterocycles. The Balaban J connectivity index is 0.00000231. The number of nitrogens with one attached hydrogen (secondary N) is 1. The first kappa shape index (κ1) is 23.5. The van der Waals surface area contributed by atoms with E-state index >= 15 is 0 Å². The van der Waals surface area contributed by atoms with E-state index in [1.807, 2.05) is 7.11 Å². The van der Waals surface area contributed by atoms with E-state index in [-0.39, 0.29) is 23.9 Å². The number of Topliss-reactive ketones (excluding diaryl/α,β-unsaturated/α-hetero) is 1. The largest absolute Gasteiger partial charge is 0.391 e. The topological polar surface area (TPSA) is 59.9 Å². The standard InChI is InChI=1S/C25H40N2O3.ClH/c1-24-9-6-18(27-30-19-8-11-26-14-19)13-17(24)12-16(15-29-3)23-20-4-5-22(28)25(20,2)10-7-21(23)24;/h16-17,19-21,23,26H,4-15H2,1-3H3;1H/t16-,17?,19+,20-,21-,23-,24-,25-;/m0./s1. The lowest BCUT2D eigenvalue weighted by atomic mass is 9.43. The Morgan fingerprint density at radius 3 is 2.71 bits per heavy atom. The lowest BCUT2D eigenvalue weighted by Crippen LogP contribution is -2.57. The highest BCUT2D eigenvalue weighted by atomic mass is 35.5. The molecule has 8 atom stereocenters. The minimum absolute atomic E-state index is 0. The number of fused-ring (bicyclic) bond motifs is 5. The molecule has 5 aliphatic rings. The summed E-state index contributed by atoms with van der Waals surface area (Å²) < 4.78 is 5.75. The monoisotopic (exact) mass is 452 g/mol. The summed E-state index contributed by atoms with van der Waals surface area (Å²) in [6.45, 7) is 7.65. The first-order valence-corrected chi connectivity index (χ1v) is 12.4. The molecule has 176 valence electrons. The molecule has 0 aromatic heterocycles. The van der Waals surface area contributed by atoms with Crippen LogP contribution in [-0.4, -0.2) is 44.4 Å². The Morgan fingerprint density at radius 2 is 1.97 bits per heavy atom. The predicted molar refractivity (Wildman–Crippen MR) is 125 cm³/mol. The van der Waals surface area contributed by atoms with Gasteiger partial charge in [-0.1, -0.05) is 19.0 Å². The average Bonchev–Trinajstić information content (AvgIpc) is 3.35. The van der Waals surface area contributed by atoms with E-state index < -0.39 is 0 Å². The minimum Gasteiger partial charge on any atom is -0.391 e. The summed E-state index contributed by atoms with van der Waals surface area (Å²) in [7, 11) is 1.85. The van der Waals surface area contributed by atoms with Gasteiger partial charge in [0, 0.05) is 38.5 Å². The highest BCUT2D eigenvalue weighted by Crippen LogP contribution is 2.66. The zero-order chi connectivity index (χ0) is 20.9. The number of ether oxygens (including phenoxy) is 1. The van der Waals surface area contributed by atoms with Crippen molar-refractivity contribution in [1.82, 2.24) is 5.32 Å². The van der Waals surface area contributed by atoms with E-state index in [0.29, 0.717) is 34.9 Å². The summed E-state index contributed by atoms with van der Waals surface area (Å²) in [6, 6.07) is 0. The Hall–Kier alpha value is -0.650. The van der Waals surface area contributed by atoms with Crippen molar-refractivity contribution in [3.05, 3.63) is 0 Å². The van der Waals surface area contributed by atoms with Crippen LogP contribution in [0.5, 0.6) is 0 Å². The van der Waals surface area contributed by atoms with Crippen LogP contribution in [0.25, 0.3) is 0 Å². The molecule has 31 heavy (non-hydrogen) atoms. The smallest absolute Gasteiger partial charge is 0.141 e. The molecule has 5 nitrogen and oxygen atoms in total. The maximum Gasteiger partial charge on any atom is 0.141 e. The molecule has 6 heteroatoms. The van der Waals surface area contributed by atoms with Crippen molar-refractivity contribution in [2.24, 2.45) is 45.6 Å². The van der Waals surface area contributed by atoms with Gasteiger partial charge in [0.2, 0.25) is 0 Å². The highest BCUT2D eigenvalue weighted by Gasteiger charge is 2.62. The Kier molecular flexibility index (Phi) is 6.78. The van der Waals surface area contributed by atoms with Gasteiger partial charge in [0.05, 0.1) is 5.71 Å². The fraction of sp³-hybridized carbons (Fsp3) is 0.920. The van der Waals surface area contributed by atoms with Crippen LogP contribution in [-0.2, 0) is 14.4 Å². The van der Waals surface area contributed by atoms with E-state index in [1.54, 1.807) is 0 Å². The van der Waals surface area contributed by atoms with Crippen LogP contribution in [0.2, 0.25) is 0 Å². The lowest BCUT2D eigenvalue weighted by molar-refractivity contribution is -0.149. The second-order valence-corrected chi connectivity index (χ2v) is 11.4. The van der Waals surface area contributed by atoms with E-state index in [0.717, 1.165) is 64.1 Å². The molecule has 5 fully saturated rings. The maximum absolute atomic E-state index is 12.8. The van der Waals surface area contributed by atoms with Gasteiger partial charge < -0.3 is 14.9 Å². The summed E-state index contributed by atoms with van der Waals surface area (Å²) in [6.07, 6.45) is 10.1. The third-order valence-electron chi connectivity index (χ3n) is 10.1. The zero-order valence-electron chi connectivity index (χ0n) is 19.5. The molecule has 0 amide bonds. The number of nitrogens with zero attached hydrogens (tertiary/aromatic N) is 1. The fourth-order valence-corrected chi connectivity index (χ4v) is 8.34. The van der Waals surface area contributed by atoms with Crippen molar-refractivity contribution in [1.29, 1.82) is 0 Å². The number of carbonyl (C=O) groups is 1. The summed E-state index contributed by atoms with van der Waals surface area (Å²) in [4.78, 5) is 18.7. The molecular weight excluding hydrogens is 412 g/mol.